The zero-order valence-electron chi connectivity index (χ0n) is 21.7. The van der Waals surface area contributed by atoms with Gasteiger partial charge in [-0.3, -0.25) is 24.5 Å². The Labute approximate surface area is 221 Å². The summed E-state index contributed by atoms with van der Waals surface area (Å²) >= 11 is 0. The van der Waals surface area contributed by atoms with Crippen molar-refractivity contribution in [1.82, 2.24) is 5.32 Å². The third-order valence-electron chi connectivity index (χ3n) is 4.86. The molecule has 0 aromatic heterocycles. The van der Waals surface area contributed by atoms with Gasteiger partial charge in [-0.2, -0.15) is 0 Å². The van der Waals surface area contributed by atoms with Crippen LogP contribution in [0.15, 0.2) is 18.2 Å². The molecule has 0 bridgehead atoms. The minimum atomic E-state index is -0.541. The van der Waals surface area contributed by atoms with Crippen LogP contribution in [0.2, 0.25) is 0 Å². The number of benzene rings is 1. The second-order valence-electron chi connectivity index (χ2n) is 7.95. The van der Waals surface area contributed by atoms with Crippen LogP contribution in [0.25, 0.3) is 0 Å². The Balaban J connectivity index is 2.02. The average Bonchev–Trinajstić information content (AvgIpc) is 2.87. The number of primary amides is 1. The molecule has 0 aliphatic carbocycles. The van der Waals surface area contributed by atoms with E-state index in [2.05, 4.69) is 10.6 Å². The highest BCUT2D eigenvalue weighted by molar-refractivity contribution is 5.92. The van der Waals surface area contributed by atoms with Crippen molar-refractivity contribution in [2.24, 2.45) is 5.73 Å². The van der Waals surface area contributed by atoms with Gasteiger partial charge in [-0.25, -0.2) is 0 Å². The highest BCUT2D eigenvalue weighted by atomic mass is 16.6. The Morgan fingerprint density at radius 3 is 2.03 bits per heavy atom. The van der Waals surface area contributed by atoms with Crippen LogP contribution < -0.4 is 16.4 Å². The summed E-state index contributed by atoms with van der Waals surface area (Å²) in [4.78, 5) is 45.2. The molecule has 0 spiro atoms. The predicted octanol–water partition coefficient (Wildman–Crippen LogP) is 0.908. The molecule has 0 saturated heterocycles. The second-order valence-corrected chi connectivity index (χ2v) is 7.95. The number of nitrogens with two attached hydrogens (primary N) is 1. The third-order valence-corrected chi connectivity index (χ3v) is 4.86. The second kappa shape index (κ2) is 20.8. The van der Waals surface area contributed by atoms with Gasteiger partial charge in [0.2, 0.25) is 17.7 Å². The monoisotopic (exact) mass is 542 g/mol. The molecule has 1 aromatic carbocycles. The molecule has 0 aliphatic heterocycles. The Kier molecular flexibility index (Phi) is 18.0. The van der Waals surface area contributed by atoms with Crippen LogP contribution in [0.3, 0.4) is 0 Å². The van der Waals surface area contributed by atoms with Crippen LogP contribution in [0, 0.1) is 10.1 Å². The number of ether oxygens (including phenoxy) is 5. The number of carbonyl (C=O) groups is 3. The quantitative estimate of drug-likeness (QED) is 0.102. The van der Waals surface area contributed by atoms with Gasteiger partial charge in [0.25, 0.3) is 5.69 Å². The molecule has 38 heavy (non-hydrogen) atoms. The van der Waals surface area contributed by atoms with Gasteiger partial charge in [0.05, 0.1) is 70.1 Å². The summed E-state index contributed by atoms with van der Waals surface area (Å²) in [6, 6.07) is 4.16. The summed E-state index contributed by atoms with van der Waals surface area (Å²) in [5, 5.41) is 16.4. The number of non-ortho nitro benzene ring substituents is 1. The van der Waals surface area contributed by atoms with Crippen molar-refractivity contribution in [3.63, 3.8) is 0 Å². The van der Waals surface area contributed by atoms with Crippen LogP contribution in [0.4, 0.5) is 11.4 Å². The smallest absolute Gasteiger partial charge is 0.271 e. The average molecular weight is 543 g/mol. The number of nitrogens with zero attached hydrogens (tertiary/aromatic N) is 1. The van der Waals surface area contributed by atoms with Crippen molar-refractivity contribution in [3.05, 3.63) is 33.9 Å². The number of anilines is 1. The first-order valence-corrected chi connectivity index (χ1v) is 12.3. The zero-order chi connectivity index (χ0) is 28.0. The number of methoxy groups -OCH3 is 1. The molecule has 4 N–H and O–H groups in total. The summed E-state index contributed by atoms with van der Waals surface area (Å²) in [6.07, 6.45) is 0.756. The zero-order valence-corrected chi connectivity index (χ0v) is 21.7. The van der Waals surface area contributed by atoms with Gasteiger partial charge in [-0.1, -0.05) is 0 Å². The molecule has 0 saturated carbocycles. The normalized spacial score (nSPS) is 10.8. The van der Waals surface area contributed by atoms with Crippen LogP contribution >= 0.6 is 0 Å². The standard InChI is InChI=1S/C24H38N4O10/c1-34-18-19-5-6-20(28(32)33)17-21(19)27-24(31)4-2-3-23(30)26-8-10-36-12-14-38-16-15-37-13-11-35-9-7-22(25)29/h5-6,17H,2-4,7-16,18H2,1H3,(H2,25,29)(H,26,30)(H,27,31). The predicted molar refractivity (Wildman–Crippen MR) is 136 cm³/mol. The molecule has 1 aromatic rings. The van der Waals surface area contributed by atoms with Gasteiger partial charge in [-0.05, 0) is 12.5 Å². The van der Waals surface area contributed by atoms with Gasteiger partial charge in [-0.15, -0.1) is 0 Å². The molecule has 0 unspecified atom stereocenters. The number of hydrogen-bond acceptors (Lipinski definition) is 10. The Morgan fingerprint density at radius 1 is 0.868 bits per heavy atom. The summed E-state index contributed by atoms with van der Waals surface area (Å²) in [6.45, 7) is 3.48. The Morgan fingerprint density at radius 2 is 1.45 bits per heavy atom. The van der Waals surface area contributed by atoms with Crippen LogP contribution in [0.1, 0.15) is 31.2 Å². The lowest BCUT2D eigenvalue weighted by Crippen LogP contribution is -2.27. The maximum absolute atomic E-state index is 12.2. The minimum Gasteiger partial charge on any atom is -0.380 e. The highest BCUT2D eigenvalue weighted by Crippen LogP contribution is 2.23. The van der Waals surface area contributed by atoms with E-state index in [1.807, 2.05) is 0 Å². The Bertz CT molecular complexity index is 869. The van der Waals surface area contributed by atoms with Crippen molar-refractivity contribution in [2.45, 2.75) is 32.3 Å². The van der Waals surface area contributed by atoms with Crippen molar-refractivity contribution in [1.29, 1.82) is 0 Å². The van der Waals surface area contributed by atoms with Gasteiger partial charge >= 0.3 is 0 Å². The third kappa shape index (κ3) is 16.6. The van der Waals surface area contributed by atoms with E-state index in [9.17, 15) is 24.5 Å². The van der Waals surface area contributed by atoms with Crippen LogP contribution in [-0.2, 0) is 44.7 Å². The number of nitro benzene ring substituents is 1. The van der Waals surface area contributed by atoms with E-state index in [1.54, 1.807) is 0 Å². The molecular weight excluding hydrogens is 504 g/mol. The van der Waals surface area contributed by atoms with Crippen LogP contribution in [-0.4, -0.2) is 89.2 Å². The molecule has 0 heterocycles. The molecule has 0 aliphatic rings. The summed E-state index contributed by atoms with van der Waals surface area (Å²) in [7, 11) is 1.49. The van der Waals surface area contributed by atoms with Crippen LogP contribution in [0.5, 0.6) is 0 Å². The summed E-state index contributed by atoms with van der Waals surface area (Å²) in [5.41, 5.74) is 5.78. The van der Waals surface area contributed by atoms with Crippen molar-refractivity contribution in [3.8, 4) is 0 Å². The number of carbonyl (C=O) groups excluding carboxylic acids is 3. The number of nitrogens with one attached hydrogen (secondary N) is 2. The molecule has 14 nitrogen and oxygen atoms in total. The first-order chi connectivity index (χ1) is 18.3. The van der Waals surface area contributed by atoms with Crippen molar-refractivity contribution in [2.75, 3.05) is 71.8 Å². The van der Waals surface area contributed by atoms with E-state index in [0.717, 1.165) is 0 Å². The molecule has 14 heteroatoms. The van der Waals surface area contributed by atoms with E-state index in [4.69, 9.17) is 29.4 Å². The fourth-order valence-corrected chi connectivity index (χ4v) is 2.98. The molecular formula is C24H38N4O10. The first kappa shape index (κ1) is 32.9. The molecule has 0 radical (unpaired) electrons. The summed E-state index contributed by atoms with van der Waals surface area (Å²) < 4.78 is 26.3. The summed E-state index contributed by atoms with van der Waals surface area (Å²) in [5.74, 6) is -0.956. The highest BCUT2D eigenvalue weighted by Gasteiger charge is 2.13. The first-order valence-electron chi connectivity index (χ1n) is 12.3. The number of hydrogen-bond donors (Lipinski definition) is 3. The van der Waals surface area contributed by atoms with Gasteiger partial charge in [0, 0.05) is 50.6 Å². The number of amides is 3. The molecule has 0 atom stereocenters. The van der Waals surface area contributed by atoms with Gasteiger partial charge in [0.1, 0.15) is 0 Å². The topological polar surface area (TPSA) is 191 Å². The largest absolute Gasteiger partial charge is 0.380 e. The SMILES string of the molecule is COCc1ccc([N+](=O)[O-])cc1NC(=O)CCCC(=O)NCCOCCOCCOCCOCCC(N)=O. The van der Waals surface area contributed by atoms with Crippen molar-refractivity contribution >= 4 is 29.1 Å². The number of rotatable bonds is 23. The van der Waals surface area contributed by atoms with E-state index < -0.39 is 10.8 Å². The minimum absolute atomic E-state index is 0.0857. The van der Waals surface area contributed by atoms with E-state index in [-0.39, 0.29) is 50.0 Å². The lowest BCUT2D eigenvalue weighted by Gasteiger charge is -2.11. The van der Waals surface area contributed by atoms with Gasteiger partial charge in [0.15, 0.2) is 0 Å². The van der Waals surface area contributed by atoms with Crippen molar-refractivity contribution < 1.29 is 43.0 Å². The lowest BCUT2D eigenvalue weighted by molar-refractivity contribution is -0.384. The van der Waals surface area contributed by atoms with E-state index in [0.29, 0.717) is 70.5 Å². The van der Waals surface area contributed by atoms with E-state index in [1.165, 1.54) is 25.3 Å². The number of nitro groups is 1. The van der Waals surface area contributed by atoms with E-state index >= 15 is 0 Å². The lowest BCUT2D eigenvalue weighted by atomic mass is 10.1. The Hall–Kier alpha value is -3.17. The van der Waals surface area contributed by atoms with Gasteiger partial charge < -0.3 is 40.1 Å². The maximum Gasteiger partial charge on any atom is 0.271 e. The maximum atomic E-state index is 12.2. The molecule has 3 amide bonds. The fourth-order valence-electron chi connectivity index (χ4n) is 2.98. The molecule has 0 fully saturated rings. The molecule has 214 valence electrons. The molecule has 1 rings (SSSR count). The fraction of sp³-hybridized carbons (Fsp3) is 0.625.